The Hall–Kier alpha value is -3.13. The van der Waals surface area contributed by atoms with Crippen molar-refractivity contribution in [3.63, 3.8) is 0 Å². The first-order chi connectivity index (χ1) is 13.4. The molecule has 1 aromatic heterocycles. The van der Waals surface area contributed by atoms with Gasteiger partial charge in [-0.1, -0.05) is 28.9 Å². The molecule has 1 heterocycles. The largest absolute Gasteiger partial charge is 0.489 e. The van der Waals surface area contributed by atoms with E-state index in [0.29, 0.717) is 22.1 Å². The minimum Gasteiger partial charge on any atom is -0.489 e. The van der Waals surface area contributed by atoms with E-state index in [1.54, 1.807) is 37.3 Å². The number of benzene rings is 2. The number of rotatable bonds is 7. The van der Waals surface area contributed by atoms with E-state index in [1.807, 2.05) is 0 Å². The number of nitrogens with one attached hydrogen (secondary N) is 1. The standard InChI is InChI=1S/C19H15ClF2N2O4/c1-11-14(10-26-13-8-6-12(20)7-9-13)17(24-28-11)18(25)23-15-4-2-3-5-16(15)27-19(21)22/h2-9,19H,10H2,1H3,(H,23,25). The lowest BCUT2D eigenvalue weighted by molar-refractivity contribution is -0.0493. The van der Waals surface area contributed by atoms with Crippen LogP contribution in [0.4, 0.5) is 14.5 Å². The van der Waals surface area contributed by atoms with Crippen molar-refractivity contribution in [2.24, 2.45) is 0 Å². The molecule has 0 aliphatic carbocycles. The molecule has 2 aromatic carbocycles. The second kappa shape index (κ2) is 8.71. The molecule has 0 fully saturated rings. The van der Waals surface area contributed by atoms with Gasteiger partial charge in [0.2, 0.25) is 0 Å². The molecule has 28 heavy (non-hydrogen) atoms. The molecule has 146 valence electrons. The van der Waals surface area contributed by atoms with E-state index in [9.17, 15) is 13.6 Å². The number of para-hydroxylation sites is 2. The molecule has 3 rings (SSSR count). The highest BCUT2D eigenvalue weighted by Gasteiger charge is 2.22. The van der Waals surface area contributed by atoms with Crippen molar-refractivity contribution in [3.05, 3.63) is 70.6 Å². The fraction of sp³-hybridized carbons (Fsp3) is 0.158. The topological polar surface area (TPSA) is 73.6 Å². The number of anilines is 1. The Morgan fingerprint density at radius 1 is 1.21 bits per heavy atom. The average Bonchev–Trinajstić information content (AvgIpc) is 3.03. The van der Waals surface area contributed by atoms with Gasteiger partial charge in [-0.2, -0.15) is 8.78 Å². The van der Waals surface area contributed by atoms with Crippen molar-refractivity contribution < 1.29 is 27.6 Å². The van der Waals surface area contributed by atoms with Gasteiger partial charge in [-0.05, 0) is 43.3 Å². The van der Waals surface area contributed by atoms with Gasteiger partial charge < -0.3 is 19.3 Å². The molecular formula is C19H15ClF2N2O4. The zero-order valence-electron chi connectivity index (χ0n) is 14.6. The number of amides is 1. The highest BCUT2D eigenvalue weighted by atomic mass is 35.5. The molecule has 0 saturated carbocycles. The number of alkyl halides is 2. The van der Waals surface area contributed by atoms with Crippen LogP contribution in [-0.2, 0) is 6.61 Å². The van der Waals surface area contributed by atoms with Gasteiger partial charge in [0.05, 0.1) is 11.3 Å². The molecule has 0 atom stereocenters. The molecule has 0 aliphatic rings. The fourth-order valence-electron chi connectivity index (χ4n) is 2.38. The summed E-state index contributed by atoms with van der Waals surface area (Å²) in [6.45, 7) is -1.36. The Kier molecular flexibility index (Phi) is 6.10. The predicted octanol–water partition coefficient (Wildman–Crippen LogP) is 5.07. The monoisotopic (exact) mass is 408 g/mol. The SMILES string of the molecule is Cc1onc(C(=O)Nc2ccccc2OC(F)F)c1COc1ccc(Cl)cc1. The van der Waals surface area contributed by atoms with Crippen LogP contribution in [0.2, 0.25) is 5.02 Å². The first-order valence-electron chi connectivity index (χ1n) is 8.12. The normalized spacial score (nSPS) is 10.8. The van der Waals surface area contributed by atoms with Crippen molar-refractivity contribution in [3.8, 4) is 11.5 Å². The molecule has 0 radical (unpaired) electrons. The summed E-state index contributed by atoms with van der Waals surface area (Å²) >= 11 is 5.83. The Morgan fingerprint density at radius 3 is 2.64 bits per heavy atom. The lowest BCUT2D eigenvalue weighted by atomic mass is 10.2. The van der Waals surface area contributed by atoms with Gasteiger partial charge in [0.15, 0.2) is 5.69 Å². The summed E-state index contributed by atoms with van der Waals surface area (Å²) in [5.74, 6) is 0.144. The zero-order chi connectivity index (χ0) is 20.1. The third-order valence-corrected chi connectivity index (χ3v) is 4.00. The highest BCUT2D eigenvalue weighted by Crippen LogP contribution is 2.27. The lowest BCUT2D eigenvalue weighted by Crippen LogP contribution is -2.16. The molecule has 1 amide bonds. The molecule has 0 bridgehead atoms. The van der Waals surface area contributed by atoms with E-state index in [1.165, 1.54) is 18.2 Å². The molecule has 1 N–H and O–H groups in total. The van der Waals surface area contributed by atoms with Gasteiger partial charge in [-0.15, -0.1) is 0 Å². The van der Waals surface area contributed by atoms with Gasteiger partial charge in [0.1, 0.15) is 23.9 Å². The number of nitrogens with zero attached hydrogens (tertiary/aromatic N) is 1. The third kappa shape index (κ3) is 4.77. The Morgan fingerprint density at radius 2 is 1.93 bits per heavy atom. The van der Waals surface area contributed by atoms with E-state index < -0.39 is 12.5 Å². The molecular weight excluding hydrogens is 394 g/mol. The second-order valence-corrected chi connectivity index (χ2v) is 6.07. The molecule has 0 saturated heterocycles. The van der Waals surface area contributed by atoms with Gasteiger partial charge >= 0.3 is 6.61 Å². The van der Waals surface area contributed by atoms with Crippen LogP contribution >= 0.6 is 11.6 Å². The molecule has 9 heteroatoms. The van der Waals surface area contributed by atoms with Gasteiger partial charge in [-0.3, -0.25) is 4.79 Å². The first-order valence-corrected chi connectivity index (χ1v) is 8.50. The van der Waals surface area contributed by atoms with E-state index in [2.05, 4.69) is 15.2 Å². The molecule has 0 aliphatic heterocycles. The average molecular weight is 409 g/mol. The van der Waals surface area contributed by atoms with E-state index >= 15 is 0 Å². The number of carbonyl (C=O) groups excluding carboxylic acids is 1. The minimum absolute atomic E-state index is 0.0155. The molecule has 3 aromatic rings. The van der Waals surface area contributed by atoms with Crippen LogP contribution in [0.5, 0.6) is 11.5 Å². The summed E-state index contributed by atoms with van der Waals surface area (Å²) < 4.78 is 40.2. The van der Waals surface area contributed by atoms with Crippen molar-refractivity contribution in [2.45, 2.75) is 20.1 Å². The minimum atomic E-state index is -3.02. The van der Waals surface area contributed by atoms with Crippen molar-refractivity contribution >= 4 is 23.2 Å². The second-order valence-electron chi connectivity index (χ2n) is 5.64. The molecule has 0 spiro atoms. The van der Waals surface area contributed by atoms with Crippen LogP contribution in [0, 0.1) is 6.92 Å². The van der Waals surface area contributed by atoms with Crippen LogP contribution in [0.15, 0.2) is 53.1 Å². The molecule has 6 nitrogen and oxygen atoms in total. The van der Waals surface area contributed by atoms with Crippen molar-refractivity contribution in [1.29, 1.82) is 0 Å². The fourth-order valence-corrected chi connectivity index (χ4v) is 2.50. The number of ether oxygens (including phenoxy) is 2. The Bertz CT molecular complexity index is 961. The lowest BCUT2D eigenvalue weighted by Gasteiger charge is -2.11. The number of hydrogen-bond acceptors (Lipinski definition) is 5. The number of aryl methyl sites for hydroxylation is 1. The zero-order valence-corrected chi connectivity index (χ0v) is 15.4. The maximum absolute atomic E-state index is 12.6. The smallest absolute Gasteiger partial charge is 0.387 e. The van der Waals surface area contributed by atoms with Crippen molar-refractivity contribution in [1.82, 2.24) is 5.16 Å². The van der Waals surface area contributed by atoms with Crippen LogP contribution in [-0.4, -0.2) is 17.7 Å². The third-order valence-electron chi connectivity index (χ3n) is 3.75. The highest BCUT2D eigenvalue weighted by molar-refractivity contribution is 6.30. The summed E-state index contributed by atoms with van der Waals surface area (Å²) in [7, 11) is 0. The van der Waals surface area contributed by atoms with Crippen LogP contribution in [0.25, 0.3) is 0 Å². The number of halogens is 3. The Labute approximate surface area is 164 Å². The van der Waals surface area contributed by atoms with E-state index in [4.69, 9.17) is 20.9 Å². The maximum Gasteiger partial charge on any atom is 0.387 e. The summed E-state index contributed by atoms with van der Waals surface area (Å²) in [5.41, 5.74) is 0.496. The maximum atomic E-state index is 12.6. The van der Waals surface area contributed by atoms with Crippen LogP contribution < -0.4 is 14.8 Å². The summed E-state index contributed by atoms with van der Waals surface area (Å²) in [6.07, 6.45) is 0. The number of carbonyl (C=O) groups is 1. The van der Waals surface area contributed by atoms with E-state index in [0.717, 1.165) is 0 Å². The van der Waals surface area contributed by atoms with Crippen molar-refractivity contribution in [2.75, 3.05) is 5.32 Å². The van der Waals surface area contributed by atoms with Gasteiger partial charge in [0.25, 0.3) is 5.91 Å². The summed E-state index contributed by atoms with van der Waals surface area (Å²) in [5, 5.41) is 6.82. The Balaban J connectivity index is 1.75. The predicted molar refractivity (Wildman–Crippen MR) is 98.1 cm³/mol. The van der Waals surface area contributed by atoms with Crippen LogP contribution in [0.3, 0.4) is 0 Å². The van der Waals surface area contributed by atoms with Gasteiger partial charge in [-0.25, -0.2) is 0 Å². The number of hydrogen-bond donors (Lipinski definition) is 1. The van der Waals surface area contributed by atoms with Gasteiger partial charge in [0, 0.05) is 5.02 Å². The van der Waals surface area contributed by atoms with E-state index in [-0.39, 0.29) is 23.7 Å². The summed E-state index contributed by atoms with van der Waals surface area (Å²) in [4.78, 5) is 12.6. The number of aromatic nitrogens is 1. The van der Waals surface area contributed by atoms with Crippen LogP contribution in [0.1, 0.15) is 21.8 Å². The quantitative estimate of drug-likeness (QED) is 0.591. The first kappa shape index (κ1) is 19.6. The molecule has 0 unspecified atom stereocenters. The summed E-state index contributed by atoms with van der Waals surface area (Å²) in [6, 6.07) is 12.6.